The van der Waals surface area contributed by atoms with Gasteiger partial charge >= 0.3 is 0 Å². The van der Waals surface area contributed by atoms with Crippen molar-refractivity contribution in [3.8, 4) is 5.75 Å². The van der Waals surface area contributed by atoms with Gasteiger partial charge in [0, 0.05) is 23.9 Å². The lowest BCUT2D eigenvalue weighted by Crippen LogP contribution is -2.10. The van der Waals surface area contributed by atoms with Crippen molar-refractivity contribution in [2.45, 2.75) is 20.3 Å². The first-order chi connectivity index (χ1) is 12.1. The summed E-state index contributed by atoms with van der Waals surface area (Å²) in [5.74, 6) is 0.536. The largest absolute Gasteiger partial charge is 0.494 e. The van der Waals surface area contributed by atoms with Crippen LogP contribution < -0.4 is 15.4 Å². The number of hydrogen-bond donors (Lipinski definition) is 2. The Kier molecular flexibility index (Phi) is 6.77. The molecule has 0 atom stereocenters. The molecule has 2 N–H and O–H groups in total. The predicted octanol–water partition coefficient (Wildman–Crippen LogP) is 4.09. The van der Waals surface area contributed by atoms with E-state index in [1.807, 2.05) is 31.2 Å². The third kappa shape index (κ3) is 6.14. The van der Waals surface area contributed by atoms with Crippen molar-refractivity contribution in [1.29, 1.82) is 0 Å². The van der Waals surface area contributed by atoms with Crippen LogP contribution in [0.25, 0.3) is 6.08 Å². The van der Waals surface area contributed by atoms with Crippen LogP contribution in [0.5, 0.6) is 5.75 Å². The zero-order valence-corrected chi connectivity index (χ0v) is 14.4. The molecule has 2 amide bonds. The van der Waals surface area contributed by atoms with Gasteiger partial charge in [-0.1, -0.05) is 19.1 Å². The molecule has 2 rings (SSSR count). The molecule has 2 aromatic rings. The number of anilines is 2. The normalized spacial score (nSPS) is 10.5. The van der Waals surface area contributed by atoms with Crippen LogP contribution in [0, 0.1) is 0 Å². The van der Waals surface area contributed by atoms with E-state index in [4.69, 9.17) is 4.74 Å². The maximum absolute atomic E-state index is 12.0. The van der Waals surface area contributed by atoms with Gasteiger partial charge in [-0.25, -0.2) is 0 Å². The highest BCUT2D eigenvalue weighted by molar-refractivity contribution is 6.02. The number of carbonyl (C=O) groups is 2. The van der Waals surface area contributed by atoms with Crippen LogP contribution in [-0.2, 0) is 9.59 Å². The van der Waals surface area contributed by atoms with E-state index in [1.54, 1.807) is 37.3 Å². The molecule has 0 aliphatic heterocycles. The lowest BCUT2D eigenvalue weighted by Gasteiger charge is -2.06. The zero-order valence-electron chi connectivity index (χ0n) is 14.4. The maximum Gasteiger partial charge on any atom is 0.248 e. The minimum absolute atomic E-state index is 0.0462. The van der Waals surface area contributed by atoms with Gasteiger partial charge in [0.05, 0.1) is 6.61 Å². The molecule has 5 heteroatoms. The van der Waals surface area contributed by atoms with Crippen molar-refractivity contribution in [3.05, 3.63) is 60.2 Å². The van der Waals surface area contributed by atoms with Gasteiger partial charge < -0.3 is 15.4 Å². The van der Waals surface area contributed by atoms with Gasteiger partial charge in [0.15, 0.2) is 0 Å². The standard InChI is InChI=1S/C20H22N2O3/c1-3-19(23)21-16-8-10-17(11-9-16)22-20(24)14-7-15-5-12-18(13-6-15)25-4-2/h5-14H,3-4H2,1-2H3,(H,21,23)(H,22,24)/b14-7+. The molecule has 0 aliphatic rings. The monoisotopic (exact) mass is 338 g/mol. The van der Waals surface area contributed by atoms with Crippen LogP contribution >= 0.6 is 0 Å². The summed E-state index contributed by atoms with van der Waals surface area (Å²) < 4.78 is 5.38. The quantitative estimate of drug-likeness (QED) is 0.747. The van der Waals surface area contributed by atoms with Crippen molar-refractivity contribution in [2.24, 2.45) is 0 Å². The molecule has 0 heterocycles. The summed E-state index contributed by atoms with van der Waals surface area (Å²) in [5.41, 5.74) is 2.28. The fourth-order valence-electron chi connectivity index (χ4n) is 2.08. The van der Waals surface area contributed by atoms with Gasteiger partial charge in [0.25, 0.3) is 0 Å². The lowest BCUT2D eigenvalue weighted by molar-refractivity contribution is -0.116. The summed E-state index contributed by atoms with van der Waals surface area (Å²) in [5, 5.41) is 5.53. The van der Waals surface area contributed by atoms with Crippen LogP contribution in [0.4, 0.5) is 11.4 Å². The number of rotatable bonds is 7. The second kappa shape index (κ2) is 9.27. The third-order valence-electron chi connectivity index (χ3n) is 3.38. The molecule has 0 saturated carbocycles. The first-order valence-electron chi connectivity index (χ1n) is 8.22. The van der Waals surface area contributed by atoms with E-state index >= 15 is 0 Å². The van der Waals surface area contributed by atoms with Crippen molar-refractivity contribution >= 4 is 29.3 Å². The molecule has 25 heavy (non-hydrogen) atoms. The van der Waals surface area contributed by atoms with E-state index in [-0.39, 0.29) is 11.8 Å². The minimum Gasteiger partial charge on any atom is -0.494 e. The highest BCUT2D eigenvalue weighted by Gasteiger charge is 2.01. The van der Waals surface area contributed by atoms with E-state index in [0.29, 0.717) is 24.4 Å². The Bertz CT molecular complexity index is 735. The molecule has 5 nitrogen and oxygen atoms in total. The molecule has 0 unspecified atom stereocenters. The first kappa shape index (κ1) is 18.3. The summed E-state index contributed by atoms with van der Waals surface area (Å²) >= 11 is 0. The topological polar surface area (TPSA) is 67.4 Å². The molecule has 130 valence electrons. The smallest absolute Gasteiger partial charge is 0.248 e. The SMILES string of the molecule is CCOc1ccc(/C=C/C(=O)Nc2ccc(NC(=O)CC)cc2)cc1. The van der Waals surface area contributed by atoms with Crippen molar-refractivity contribution in [1.82, 2.24) is 0 Å². The van der Waals surface area contributed by atoms with E-state index in [2.05, 4.69) is 10.6 Å². The summed E-state index contributed by atoms with van der Waals surface area (Å²) in [6, 6.07) is 14.5. The maximum atomic E-state index is 12.0. The molecular formula is C20H22N2O3. The molecule has 0 radical (unpaired) electrons. The average molecular weight is 338 g/mol. The fraction of sp³-hybridized carbons (Fsp3) is 0.200. The molecule has 2 aromatic carbocycles. The second-order valence-electron chi connectivity index (χ2n) is 5.30. The van der Waals surface area contributed by atoms with Crippen LogP contribution in [0.1, 0.15) is 25.8 Å². The number of carbonyl (C=O) groups excluding carboxylic acids is 2. The molecule has 0 aliphatic carbocycles. The first-order valence-corrected chi connectivity index (χ1v) is 8.22. The Labute approximate surface area is 147 Å². The van der Waals surface area contributed by atoms with Crippen LogP contribution in [0.15, 0.2) is 54.6 Å². The van der Waals surface area contributed by atoms with E-state index in [0.717, 1.165) is 11.3 Å². The van der Waals surface area contributed by atoms with Crippen molar-refractivity contribution in [2.75, 3.05) is 17.2 Å². The Morgan fingerprint density at radius 1 is 0.920 bits per heavy atom. The van der Waals surface area contributed by atoms with Gasteiger partial charge in [-0.3, -0.25) is 9.59 Å². The Morgan fingerprint density at radius 2 is 1.52 bits per heavy atom. The van der Waals surface area contributed by atoms with Crippen LogP contribution in [-0.4, -0.2) is 18.4 Å². The molecular weight excluding hydrogens is 316 g/mol. The van der Waals surface area contributed by atoms with Gasteiger partial charge in [-0.05, 0) is 55.0 Å². The zero-order chi connectivity index (χ0) is 18.1. The average Bonchev–Trinajstić information content (AvgIpc) is 2.63. The number of amides is 2. The minimum atomic E-state index is -0.223. The summed E-state index contributed by atoms with van der Waals surface area (Å²) in [6.45, 7) is 4.35. The Morgan fingerprint density at radius 3 is 2.08 bits per heavy atom. The highest BCUT2D eigenvalue weighted by atomic mass is 16.5. The number of benzene rings is 2. The number of nitrogens with one attached hydrogen (secondary N) is 2. The fourth-order valence-corrected chi connectivity index (χ4v) is 2.08. The van der Waals surface area contributed by atoms with E-state index < -0.39 is 0 Å². The van der Waals surface area contributed by atoms with E-state index in [9.17, 15) is 9.59 Å². The van der Waals surface area contributed by atoms with Gasteiger partial charge in [-0.15, -0.1) is 0 Å². The molecule has 0 bridgehead atoms. The molecule has 0 aromatic heterocycles. The second-order valence-corrected chi connectivity index (χ2v) is 5.30. The van der Waals surface area contributed by atoms with Gasteiger partial charge in [-0.2, -0.15) is 0 Å². The van der Waals surface area contributed by atoms with E-state index in [1.165, 1.54) is 6.08 Å². The molecule has 0 saturated heterocycles. The van der Waals surface area contributed by atoms with Gasteiger partial charge in [0.2, 0.25) is 11.8 Å². The molecule has 0 spiro atoms. The van der Waals surface area contributed by atoms with Crippen LogP contribution in [0.3, 0.4) is 0 Å². The summed E-state index contributed by atoms with van der Waals surface area (Å²) in [4.78, 5) is 23.3. The van der Waals surface area contributed by atoms with Crippen LogP contribution in [0.2, 0.25) is 0 Å². The highest BCUT2D eigenvalue weighted by Crippen LogP contribution is 2.15. The summed E-state index contributed by atoms with van der Waals surface area (Å²) in [6.07, 6.45) is 3.64. The van der Waals surface area contributed by atoms with Crippen molar-refractivity contribution in [3.63, 3.8) is 0 Å². The third-order valence-corrected chi connectivity index (χ3v) is 3.38. The molecule has 0 fully saturated rings. The summed E-state index contributed by atoms with van der Waals surface area (Å²) in [7, 11) is 0. The van der Waals surface area contributed by atoms with Crippen molar-refractivity contribution < 1.29 is 14.3 Å². The Hall–Kier alpha value is -3.08. The predicted molar refractivity (Wildman–Crippen MR) is 101 cm³/mol. The van der Waals surface area contributed by atoms with Gasteiger partial charge in [0.1, 0.15) is 5.75 Å². The Balaban J connectivity index is 1.89. The lowest BCUT2D eigenvalue weighted by atomic mass is 10.2. The number of ether oxygens (including phenoxy) is 1. The number of hydrogen-bond acceptors (Lipinski definition) is 3.